The quantitative estimate of drug-likeness (QED) is 0.749. The number of benzene rings is 2. The molecular formula is C20H20FNO3. The number of methoxy groups -OCH3 is 1. The molecule has 4 nitrogen and oxygen atoms in total. The maximum atomic E-state index is 13.9. The number of rotatable bonds is 4. The third kappa shape index (κ3) is 3.22. The maximum Gasteiger partial charge on any atom is 0.254 e. The fraction of sp³-hybridized carbons (Fsp3) is 0.250. The second-order valence-electron chi connectivity index (χ2n) is 6.13. The van der Waals surface area contributed by atoms with Crippen LogP contribution in [0.3, 0.4) is 0 Å². The van der Waals surface area contributed by atoms with Crippen LogP contribution in [0, 0.1) is 19.7 Å². The largest absolute Gasteiger partial charge is 0.497 e. The van der Waals surface area contributed by atoms with E-state index >= 15 is 0 Å². The molecule has 0 fully saturated rings. The third-order valence-corrected chi connectivity index (χ3v) is 4.29. The van der Waals surface area contributed by atoms with Gasteiger partial charge in [0, 0.05) is 10.9 Å². The van der Waals surface area contributed by atoms with Crippen molar-refractivity contribution in [3.8, 4) is 5.75 Å². The van der Waals surface area contributed by atoms with Gasteiger partial charge in [-0.1, -0.05) is 11.6 Å². The fourth-order valence-corrected chi connectivity index (χ4v) is 2.91. The first-order valence-electron chi connectivity index (χ1n) is 8.04. The van der Waals surface area contributed by atoms with Crippen molar-refractivity contribution in [2.24, 2.45) is 0 Å². The van der Waals surface area contributed by atoms with Gasteiger partial charge in [-0.3, -0.25) is 4.79 Å². The summed E-state index contributed by atoms with van der Waals surface area (Å²) >= 11 is 0. The first-order chi connectivity index (χ1) is 11.9. The van der Waals surface area contributed by atoms with Gasteiger partial charge in [-0.25, -0.2) is 4.39 Å². The monoisotopic (exact) mass is 341 g/mol. The summed E-state index contributed by atoms with van der Waals surface area (Å²) in [5, 5.41) is 3.73. The average Bonchev–Trinajstić information content (AvgIpc) is 2.93. The summed E-state index contributed by atoms with van der Waals surface area (Å²) in [7, 11) is 1.61. The number of aryl methyl sites for hydroxylation is 2. The minimum Gasteiger partial charge on any atom is -0.497 e. The highest BCUT2D eigenvalue weighted by Gasteiger charge is 2.21. The van der Waals surface area contributed by atoms with Gasteiger partial charge in [-0.05, 0) is 51.1 Å². The average molecular weight is 341 g/mol. The number of hydrogen-bond donors (Lipinski definition) is 1. The Kier molecular flexibility index (Phi) is 4.49. The number of nitrogens with one attached hydrogen (secondary N) is 1. The van der Waals surface area contributed by atoms with E-state index in [1.54, 1.807) is 13.2 Å². The summed E-state index contributed by atoms with van der Waals surface area (Å²) in [6.07, 6.45) is 0. The van der Waals surface area contributed by atoms with Gasteiger partial charge in [0.2, 0.25) is 0 Å². The molecule has 2 aromatic carbocycles. The van der Waals surface area contributed by atoms with Crippen LogP contribution in [0.2, 0.25) is 0 Å². The van der Waals surface area contributed by atoms with Gasteiger partial charge in [-0.2, -0.15) is 0 Å². The van der Waals surface area contributed by atoms with Crippen molar-refractivity contribution < 1.29 is 18.3 Å². The third-order valence-electron chi connectivity index (χ3n) is 4.29. The van der Waals surface area contributed by atoms with Crippen LogP contribution in [-0.2, 0) is 0 Å². The molecule has 0 saturated heterocycles. The molecule has 0 aliphatic carbocycles. The summed E-state index contributed by atoms with van der Waals surface area (Å²) in [4.78, 5) is 12.4. The number of fused-ring (bicyclic) bond motifs is 1. The number of furan rings is 1. The van der Waals surface area contributed by atoms with Crippen LogP contribution in [0.1, 0.15) is 40.2 Å². The minimum atomic E-state index is -0.540. The highest BCUT2D eigenvalue weighted by molar-refractivity contribution is 5.95. The standard InChI is InChI=1S/C20H20FNO3/c1-11-5-7-17(21)16(9-11)20(23)22-13(3)19-12(2)15-10-14(24-4)6-8-18(15)25-19/h5-10,13H,1-4H3,(H,22,23). The molecule has 0 aliphatic rings. The Bertz CT molecular complexity index is 946. The Hall–Kier alpha value is -2.82. The lowest BCUT2D eigenvalue weighted by Crippen LogP contribution is -2.27. The molecule has 0 saturated carbocycles. The molecule has 5 heteroatoms. The van der Waals surface area contributed by atoms with Crippen molar-refractivity contribution in [2.75, 3.05) is 7.11 Å². The number of carbonyl (C=O) groups is 1. The fourth-order valence-electron chi connectivity index (χ4n) is 2.91. The van der Waals surface area contributed by atoms with E-state index < -0.39 is 17.8 Å². The van der Waals surface area contributed by atoms with Crippen LogP contribution in [-0.4, -0.2) is 13.0 Å². The van der Waals surface area contributed by atoms with Gasteiger partial charge < -0.3 is 14.5 Å². The predicted octanol–water partition coefficient (Wildman–Crippen LogP) is 4.69. The topological polar surface area (TPSA) is 51.5 Å². The molecule has 0 spiro atoms. The summed E-state index contributed by atoms with van der Waals surface area (Å²) in [6, 6.07) is 9.62. The van der Waals surface area contributed by atoms with E-state index in [-0.39, 0.29) is 5.56 Å². The zero-order valence-corrected chi connectivity index (χ0v) is 14.6. The smallest absolute Gasteiger partial charge is 0.254 e. The molecule has 130 valence electrons. The first kappa shape index (κ1) is 17.0. The zero-order chi connectivity index (χ0) is 18.1. The van der Waals surface area contributed by atoms with Crippen molar-refractivity contribution >= 4 is 16.9 Å². The second-order valence-corrected chi connectivity index (χ2v) is 6.13. The van der Waals surface area contributed by atoms with Crippen LogP contribution in [0.5, 0.6) is 5.75 Å². The number of ether oxygens (including phenoxy) is 1. The summed E-state index contributed by atoms with van der Waals surface area (Å²) in [6.45, 7) is 5.56. The molecule has 1 amide bonds. The predicted molar refractivity (Wildman–Crippen MR) is 94.5 cm³/mol. The molecule has 1 N–H and O–H groups in total. The van der Waals surface area contributed by atoms with Crippen molar-refractivity contribution in [2.45, 2.75) is 26.8 Å². The Labute approximate surface area is 145 Å². The van der Waals surface area contributed by atoms with E-state index in [2.05, 4.69) is 5.32 Å². The molecule has 1 atom stereocenters. The Morgan fingerprint density at radius 3 is 2.68 bits per heavy atom. The van der Waals surface area contributed by atoms with Crippen LogP contribution in [0.25, 0.3) is 11.0 Å². The molecule has 1 unspecified atom stereocenters. The normalized spacial score (nSPS) is 12.2. The number of amides is 1. The Morgan fingerprint density at radius 2 is 1.96 bits per heavy atom. The highest BCUT2D eigenvalue weighted by atomic mass is 19.1. The Morgan fingerprint density at radius 1 is 1.20 bits per heavy atom. The van der Waals surface area contributed by atoms with Gasteiger partial charge in [-0.15, -0.1) is 0 Å². The van der Waals surface area contributed by atoms with Gasteiger partial charge in [0.1, 0.15) is 22.9 Å². The lowest BCUT2D eigenvalue weighted by molar-refractivity contribution is 0.0931. The van der Waals surface area contributed by atoms with Crippen LogP contribution >= 0.6 is 0 Å². The molecule has 25 heavy (non-hydrogen) atoms. The molecule has 3 rings (SSSR count). The Balaban J connectivity index is 1.89. The number of carbonyl (C=O) groups excluding carboxylic acids is 1. The SMILES string of the molecule is COc1ccc2oc(C(C)NC(=O)c3cc(C)ccc3F)c(C)c2c1. The van der Waals surface area contributed by atoms with Gasteiger partial charge in [0.25, 0.3) is 5.91 Å². The van der Waals surface area contributed by atoms with E-state index in [1.807, 2.05) is 39.0 Å². The lowest BCUT2D eigenvalue weighted by atomic mass is 10.1. The molecule has 0 radical (unpaired) electrons. The molecule has 1 heterocycles. The van der Waals surface area contributed by atoms with Crippen molar-refractivity contribution in [1.82, 2.24) is 5.32 Å². The summed E-state index contributed by atoms with van der Waals surface area (Å²) in [5.74, 6) is 0.374. The van der Waals surface area contributed by atoms with Crippen LogP contribution < -0.4 is 10.1 Å². The number of hydrogen-bond acceptors (Lipinski definition) is 3. The van der Waals surface area contributed by atoms with E-state index in [0.717, 1.165) is 27.8 Å². The summed E-state index contributed by atoms with van der Waals surface area (Å²) in [5.41, 5.74) is 2.50. The van der Waals surface area contributed by atoms with Gasteiger partial charge >= 0.3 is 0 Å². The van der Waals surface area contributed by atoms with Crippen molar-refractivity contribution in [3.63, 3.8) is 0 Å². The van der Waals surface area contributed by atoms with E-state index in [9.17, 15) is 9.18 Å². The van der Waals surface area contributed by atoms with E-state index in [1.165, 1.54) is 12.1 Å². The van der Waals surface area contributed by atoms with E-state index in [0.29, 0.717) is 5.76 Å². The maximum absolute atomic E-state index is 13.9. The molecular weight excluding hydrogens is 321 g/mol. The molecule has 0 aliphatic heterocycles. The lowest BCUT2D eigenvalue weighted by Gasteiger charge is -2.13. The number of halogens is 1. The highest BCUT2D eigenvalue weighted by Crippen LogP contribution is 2.32. The van der Waals surface area contributed by atoms with Gasteiger partial charge in [0.15, 0.2) is 0 Å². The zero-order valence-electron chi connectivity index (χ0n) is 14.6. The van der Waals surface area contributed by atoms with Crippen molar-refractivity contribution in [1.29, 1.82) is 0 Å². The van der Waals surface area contributed by atoms with Crippen LogP contribution in [0.15, 0.2) is 40.8 Å². The minimum absolute atomic E-state index is 0.0299. The van der Waals surface area contributed by atoms with Gasteiger partial charge in [0.05, 0.1) is 18.7 Å². The second kappa shape index (κ2) is 6.59. The summed E-state index contributed by atoms with van der Waals surface area (Å²) < 4.78 is 25.0. The molecule has 3 aromatic rings. The molecule has 1 aromatic heterocycles. The molecule has 0 bridgehead atoms. The first-order valence-corrected chi connectivity index (χ1v) is 8.04. The van der Waals surface area contributed by atoms with Crippen LogP contribution in [0.4, 0.5) is 4.39 Å². The van der Waals surface area contributed by atoms with E-state index in [4.69, 9.17) is 9.15 Å². The van der Waals surface area contributed by atoms with Crippen molar-refractivity contribution in [3.05, 3.63) is 64.7 Å².